The third-order valence-corrected chi connectivity index (χ3v) is 4.65. The maximum atomic E-state index is 11.9. The summed E-state index contributed by atoms with van der Waals surface area (Å²) >= 11 is 3.51. The molecule has 0 radical (unpaired) electrons. The van der Waals surface area contributed by atoms with Crippen LogP contribution in [0.15, 0.2) is 70.2 Å². The van der Waals surface area contributed by atoms with E-state index in [0.717, 1.165) is 15.2 Å². The summed E-state index contributed by atoms with van der Waals surface area (Å²) in [5.41, 5.74) is 3.11. The van der Waals surface area contributed by atoms with Gasteiger partial charge in [-0.1, -0.05) is 30.3 Å². The molecule has 8 heteroatoms. The number of nitrogens with zero attached hydrogens (tertiary/aromatic N) is 1. The largest absolute Gasteiger partial charge is 0.483 e. The highest BCUT2D eigenvalue weighted by molar-refractivity contribution is 9.10. The fourth-order valence-electron chi connectivity index (χ4n) is 2.47. The highest BCUT2D eigenvalue weighted by Gasteiger charge is 2.08. The molecule has 29 heavy (non-hydrogen) atoms. The molecule has 0 saturated carbocycles. The molecule has 0 aromatic heterocycles. The van der Waals surface area contributed by atoms with Gasteiger partial charge in [0.1, 0.15) is 11.5 Å². The molecule has 7 nitrogen and oxygen atoms in total. The highest BCUT2D eigenvalue weighted by atomic mass is 79.9. The molecule has 0 saturated heterocycles. The second-order valence-corrected chi connectivity index (χ2v) is 6.73. The first kappa shape index (κ1) is 20.3. The number of carboxylic acids is 1. The van der Waals surface area contributed by atoms with E-state index in [9.17, 15) is 9.59 Å². The van der Waals surface area contributed by atoms with Gasteiger partial charge >= 0.3 is 5.97 Å². The lowest BCUT2D eigenvalue weighted by Gasteiger charge is -2.09. The van der Waals surface area contributed by atoms with E-state index in [-0.39, 0.29) is 6.61 Å². The Morgan fingerprint density at radius 2 is 1.76 bits per heavy atom. The van der Waals surface area contributed by atoms with Crippen LogP contribution in [0.3, 0.4) is 0 Å². The van der Waals surface area contributed by atoms with Crippen LogP contribution >= 0.6 is 15.9 Å². The van der Waals surface area contributed by atoms with Crippen LogP contribution in [0.1, 0.15) is 5.56 Å². The van der Waals surface area contributed by atoms with Crippen LogP contribution in [0.4, 0.5) is 0 Å². The normalized spacial score (nSPS) is 10.8. The number of carboxylic acid groups (broad SMARTS) is 1. The summed E-state index contributed by atoms with van der Waals surface area (Å²) in [6.07, 6.45) is 1.46. The van der Waals surface area contributed by atoms with Gasteiger partial charge in [0.25, 0.3) is 5.91 Å². The van der Waals surface area contributed by atoms with E-state index in [4.69, 9.17) is 14.6 Å². The molecule has 0 unspecified atom stereocenters. The molecule has 3 rings (SSSR count). The van der Waals surface area contributed by atoms with Gasteiger partial charge in [0.15, 0.2) is 13.2 Å². The Hall–Kier alpha value is -3.39. The lowest BCUT2D eigenvalue weighted by atomic mass is 10.1. The maximum Gasteiger partial charge on any atom is 0.341 e. The summed E-state index contributed by atoms with van der Waals surface area (Å²) in [6, 6.07) is 18.2. The van der Waals surface area contributed by atoms with Crippen molar-refractivity contribution < 1.29 is 24.2 Å². The number of ether oxygens (including phenoxy) is 2. The number of halogens is 1. The van der Waals surface area contributed by atoms with Gasteiger partial charge in [-0.3, -0.25) is 4.79 Å². The lowest BCUT2D eigenvalue weighted by Crippen LogP contribution is -2.24. The number of rotatable bonds is 8. The SMILES string of the molecule is O=C(O)COc1ccc(C=NNC(=O)COc2ccc3ccccc3c2Br)cc1. The van der Waals surface area contributed by atoms with Crippen LogP contribution < -0.4 is 14.9 Å². The number of carbonyl (C=O) groups is 2. The third-order valence-electron chi connectivity index (χ3n) is 3.83. The average molecular weight is 457 g/mol. The maximum absolute atomic E-state index is 11.9. The first-order chi connectivity index (χ1) is 14.0. The minimum Gasteiger partial charge on any atom is -0.483 e. The Kier molecular flexibility index (Phi) is 6.80. The monoisotopic (exact) mass is 456 g/mol. The molecule has 0 spiro atoms. The number of nitrogens with one attached hydrogen (secondary N) is 1. The number of benzene rings is 3. The molecule has 3 aromatic rings. The van der Waals surface area contributed by atoms with Gasteiger partial charge < -0.3 is 14.6 Å². The van der Waals surface area contributed by atoms with Crippen molar-refractivity contribution in [3.8, 4) is 11.5 Å². The van der Waals surface area contributed by atoms with Gasteiger partial charge in [0, 0.05) is 0 Å². The molecule has 2 N–H and O–H groups in total. The van der Waals surface area contributed by atoms with Crippen molar-refractivity contribution in [1.29, 1.82) is 0 Å². The van der Waals surface area contributed by atoms with E-state index in [2.05, 4.69) is 26.5 Å². The van der Waals surface area contributed by atoms with Crippen LogP contribution in [0.25, 0.3) is 10.8 Å². The summed E-state index contributed by atoms with van der Waals surface area (Å²) in [4.78, 5) is 22.4. The zero-order valence-electron chi connectivity index (χ0n) is 15.2. The Bertz CT molecular complexity index is 1050. The van der Waals surface area contributed by atoms with Gasteiger partial charge in [-0.25, -0.2) is 10.2 Å². The van der Waals surface area contributed by atoms with Crippen LogP contribution in [0.2, 0.25) is 0 Å². The highest BCUT2D eigenvalue weighted by Crippen LogP contribution is 2.32. The Morgan fingerprint density at radius 3 is 2.52 bits per heavy atom. The van der Waals surface area contributed by atoms with Crippen LogP contribution in [0.5, 0.6) is 11.5 Å². The molecule has 0 fully saturated rings. The number of aliphatic carboxylic acids is 1. The molecule has 0 aliphatic carbocycles. The minimum absolute atomic E-state index is 0.184. The summed E-state index contributed by atoms with van der Waals surface area (Å²) in [7, 11) is 0. The number of amides is 1. The van der Waals surface area contributed by atoms with Crippen LogP contribution in [-0.2, 0) is 9.59 Å². The van der Waals surface area contributed by atoms with E-state index < -0.39 is 18.5 Å². The Balaban J connectivity index is 1.50. The fraction of sp³-hybridized carbons (Fsp3) is 0.0952. The quantitative estimate of drug-likeness (QED) is 0.398. The summed E-state index contributed by atoms with van der Waals surface area (Å²) < 4.78 is 11.4. The second-order valence-electron chi connectivity index (χ2n) is 5.93. The van der Waals surface area contributed by atoms with Gasteiger partial charge in [-0.05, 0) is 62.6 Å². The number of hydrogen-bond donors (Lipinski definition) is 2. The van der Waals surface area contributed by atoms with Crippen molar-refractivity contribution in [2.24, 2.45) is 5.10 Å². The van der Waals surface area contributed by atoms with Crippen molar-refractivity contribution in [2.75, 3.05) is 13.2 Å². The predicted molar refractivity (Wildman–Crippen MR) is 112 cm³/mol. The van der Waals surface area contributed by atoms with Crippen LogP contribution in [0, 0.1) is 0 Å². The minimum atomic E-state index is -1.05. The first-order valence-corrected chi connectivity index (χ1v) is 9.39. The summed E-state index contributed by atoms with van der Waals surface area (Å²) in [5, 5.41) is 14.5. The van der Waals surface area contributed by atoms with E-state index in [1.165, 1.54) is 6.21 Å². The zero-order valence-corrected chi connectivity index (χ0v) is 16.8. The molecule has 3 aromatic carbocycles. The smallest absolute Gasteiger partial charge is 0.341 e. The molecule has 0 heterocycles. The van der Waals surface area contributed by atoms with Crippen molar-refractivity contribution in [2.45, 2.75) is 0 Å². The molecule has 1 amide bonds. The van der Waals surface area contributed by atoms with E-state index in [1.807, 2.05) is 30.3 Å². The van der Waals surface area contributed by atoms with E-state index >= 15 is 0 Å². The molecule has 0 atom stereocenters. The van der Waals surface area contributed by atoms with Crippen molar-refractivity contribution in [1.82, 2.24) is 5.43 Å². The van der Waals surface area contributed by atoms with Crippen LogP contribution in [-0.4, -0.2) is 36.4 Å². The van der Waals surface area contributed by atoms with Crippen molar-refractivity contribution in [3.63, 3.8) is 0 Å². The summed E-state index contributed by atoms with van der Waals surface area (Å²) in [5.74, 6) is -0.443. The predicted octanol–water partition coefficient (Wildman–Crippen LogP) is 3.59. The van der Waals surface area contributed by atoms with E-state index in [1.54, 1.807) is 30.3 Å². The number of fused-ring (bicyclic) bond motifs is 1. The van der Waals surface area contributed by atoms with Gasteiger partial charge in [-0.2, -0.15) is 5.10 Å². The topological polar surface area (TPSA) is 97.2 Å². The van der Waals surface area contributed by atoms with Crippen molar-refractivity contribution in [3.05, 3.63) is 70.7 Å². The molecule has 0 aliphatic rings. The molecular weight excluding hydrogens is 440 g/mol. The van der Waals surface area contributed by atoms with Crippen molar-refractivity contribution >= 4 is 44.8 Å². The number of hydrogen-bond acceptors (Lipinski definition) is 5. The number of carbonyl (C=O) groups excluding carboxylic acids is 1. The number of hydrazone groups is 1. The average Bonchev–Trinajstić information content (AvgIpc) is 2.73. The second kappa shape index (κ2) is 9.70. The van der Waals surface area contributed by atoms with E-state index in [0.29, 0.717) is 17.1 Å². The Labute approximate surface area is 175 Å². The van der Waals surface area contributed by atoms with Gasteiger partial charge in [0.05, 0.1) is 10.7 Å². The van der Waals surface area contributed by atoms with Gasteiger partial charge in [0.2, 0.25) is 0 Å². The van der Waals surface area contributed by atoms with Gasteiger partial charge in [-0.15, -0.1) is 0 Å². The first-order valence-electron chi connectivity index (χ1n) is 8.59. The fourth-order valence-corrected chi connectivity index (χ4v) is 3.08. The summed E-state index contributed by atoms with van der Waals surface area (Å²) in [6.45, 7) is -0.590. The molecule has 0 bridgehead atoms. The molecule has 148 valence electrons. The lowest BCUT2D eigenvalue weighted by molar-refractivity contribution is -0.139. The zero-order chi connectivity index (χ0) is 20.6. The standard InChI is InChI=1S/C21H17BrN2O5/c22-21-17-4-2-1-3-15(17)7-10-18(21)29-12-19(25)24-23-11-14-5-8-16(9-6-14)28-13-20(26)27/h1-11H,12-13H2,(H,24,25)(H,26,27). The molecule has 0 aliphatic heterocycles. The molecular formula is C21H17BrN2O5. The Morgan fingerprint density at radius 1 is 1.00 bits per heavy atom. The third kappa shape index (κ3) is 5.79.